The van der Waals surface area contributed by atoms with Gasteiger partial charge in [-0.1, -0.05) is 19.3 Å². The van der Waals surface area contributed by atoms with Crippen LogP contribution in [0.25, 0.3) is 10.2 Å². The highest BCUT2D eigenvalue weighted by atomic mass is 32.1. The molecule has 5 rings (SSSR count). The number of piperidine rings is 1. The van der Waals surface area contributed by atoms with Crippen molar-refractivity contribution < 1.29 is 4.79 Å². The molecule has 1 amide bonds. The van der Waals surface area contributed by atoms with Gasteiger partial charge >= 0.3 is 0 Å². The summed E-state index contributed by atoms with van der Waals surface area (Å²) in [4.78, 5) is 28.9. The molecule has 2 aromatic heterocycles. The van der Waals surface area contributed by atoms with Crippen molar-refractivity contribution in [1.29, 1.82) is 0 Å². The third-order valence-electron chi connectivity index (χ3n) is 6.73. The molecule has 2 saturated heterocycles. The fraction of sp³-hybridized carbons (Fsp3) is 0.667. The van der Waals surface area contributed by atoms with Gasteiger partial charge in [-0.05, 0) is 50.5 Å². The quantitative estimate of drug-likeness (QED) is 0.770. The van der Waals surface area contributed by atoms with Crippen LogP contribution in [0.15, 0.2) is 6.33 Å². The lowest BCUT2D eigenvalue weighted by molar-refractivity contribution is 0.0708. The Kier molecular flexibility index (Phi) is 4.54. The molecule has 5 nitrogen and oxygen atoms in total. The summed E-state index contributed by atoms with van der Waals surface area (Å²) in [5, 5.41) is 1.11. The van der Waals surface area contributed by atoms with Gasteiger partial charge in [-0.2, -0.15) is 0 Å². The van der Waals surface area contributed by atoms with Gasteiger partial charge in [0.1, 0.15) is 17.0 Å². The van der Waals surface area contributed by atoms with Crippen LogP contribution >= 0.6 is 11.3 Å². The van der Waals surface area contributed by atoms with E-state index in [1.807, 2.05) is 0 Å². The van der Waals surface area contributed by atoms with Crippen molar-refractivity contribution in [2.75, 3.05) is 24.5 Å². The third kappa shape index (κ3) is 3.02. The molecule has 2 aliphatic heterocycles. The van der Waals surface area contributed by atoms with Crippen LogP contribution in [0.5, 0.6) is 0 Å². The van der Waals surface area contributed by atoms with Crippen LogP contribution in [0.1, 0.15) is 66.6 Å². The van der Waals surface area contributed by atoms with E-state index in [1.54, 1.807) is 17.7 Å². The largest absolute Gasteiger partial charge is 0.356 e. The zero-order valence-electron chi connectivity index (χ0n) is 16.1. The molecule has 4 heterocycles. The molecular formula is C21H28N4OS. The average molecular weight is 385 g/mol. The summed E-state index contributed by atoms with van der Waals surface area (Å²) < 4.78 is 0. The second kappa shape index (κ2) is 7.04. The van der Waals surface area contributed by atoms with Gasteiger partial charge in [0.25, 0.3) is 5.91 Å². The Labute approximate surface area is 164 Å². The number of carbonyl (C=O) groups is 1. The molecule has 6 heteroatoms. The van der Waals surface area contributed by atoms with Crippen LogP contribution in [0, 0.1) is 12.8 Å². The normalized spacial score (nSPS) is 25.8. The Bertz CT molecular complexity index is 855. The van der Waals surface area contributed by atoms with Crippen molar-refractivity contribution in [2.45, 2.75) is 64.3 Å². The summed E-state index contributed by atoms with van der Waals surface area (Å²) >= 11 is 1.56. The van der Waals surface area contributed by atoms with E-state index in [9.17, 15) is 4.79 Å². The van der Waals surface area contributed by atoms with Gasteiger partial charge in [-0.15, -0.1) is 11.3 Å². The molecule has 144 valence electrons. The van der Waals surface area contributed by atoms with Gasteiger partial charge in [0.05, 0.1) is 10.3 Å². The number of anilines is 1. The molecule has 0 spiro atoms. The predicted molar refractivity (Wildman–Crippen MR) is 110 cm³/mol. The second-order valence-electron chi connectivity index (χ2n) is 8.48. The van der Waals surface area contributed by atoms with Gasteiger partial charge < -0.3 is 9.80 Å². The molecule has 2 aromatic rings. The Morgan fingerprint density at radius 3 is 2.59 bits per heavy atom. The number of aromatic nitrogens is 2. The highest BCUT2D eigenvalue weighted by Gasteiger charge is 2.41. The fourth-order valence-corrected chi connectivity index (χ4v) is 6.36. The molecule has 27 heavy (non-hydrogen) atoms. The maximum absolute atomic E-state index is 13.3. The fourth-order valence-electron chi connectivity index (χ4n) is 5.26. The van der Waals surface area contributed by atoms with Crippen molar-refractivity contribution in [3.63, 3.8) is 0 Å². The Hall–Kier alpha value is -1.69. The van der Waals surface area contributed by atoms with E-state index >= 15 is 0 Å². The molecule has 0 N–H and O–H groups in total. The highest BCUT2D eigenvalue weighted by Crippen LogP contribution is 2.41. The number of aryl methyl sites for hydroxylation is 1. The molecule has 0 radical (unpaired) electrons. The number of likely N-dealkylation sites (tertiary alicyclic amines) is 1. The minimum Gasteiger partial charge on any atom is -0.356 e. The minimum absolute atomic E-state index is 0.223. The summed E-state index contributed by atoms with van der Waals surface area (Å²) in [5.41, 5.74) is 1.08. The first-order chi connectivity index (χ1) is 13.2. The summed E-state index contributed by atoms with van der Waals surface area (Å²) in [6.07, 6.45) is 11.7. The topological polar surface area (TPSA) is 49.3 Å². The Morgan fingerprint density at radius 2 is 1.89 bits per heavy atom. The summed E-state index contributed by atoms with van der Waals surface area (Å²) in [5.74, 6) is 1.99. The monoisotopic (exact) mass is 384 g/mol. The molecule has 2 bridgehead atoms. The first-order valence-electron chi connectivity index (χ1n) is 10.5. The number of nitrogens with zero attached hydrogens (tertiary/aromatic N) is 4. The van der Waals surface area contributed by atoms with Crippen LogP contribution in [-0.2, 0) is 0 Å². The maximum atomic E-state index is 13.3. The zero-order valence-corrected chi connectivity index (χ0v) is 16.9. The van der Waals surface area contributed by atoms with Crippen molar-refractivity contribution in [1.82, 2.24) is 14.9 Å². The summed E-state index contributed by atoms with van der Waals surface area (Å²) in [7, 11) is 0. The first-order valence-corrected chi connectivity index (χ1v) is 11.3. The van der Waals surface area contributed by atoms with Crippen LogP contribution in [0.3, 0.4) is 0 Å². The number of rotatable bonds is 2. The molecular weight excluding hydrogens is 356 g/mol. The molecule has 0 unspecified atom stereocenters. The van der Waals surface area contributed by atoms with Gasteiger partial charge in [-0.25, -0.2) is 9.97 Å². The lowest BCUT2D eigenvalue weighted by Gasteiger charge is -2.27. The number of amides is 1. The maximum Gasteiger partial charge on any atom is 0.264 e. The van der Waals surface area contributed by atoms with Crippen LogP contribution < -0.4 is 4.90 Å². The Morgan fingerprint density at radius 1 is 1.11 bits per heavy atom. The van der Waals surface area contributed by atoms with Crippen molar-refractivity contribution >= 4 is 33.3 Å². The van der Waals surface area contributed by atoms with Gasteiger partial charge in [0, 0.05) is 25.7 Å². The number of carbonyl (C=O) groups excluding carboxylic acids is 1. The second-order valence-corrected chi connectivity index (χ2v) is 9.48. The first kappa shape index (κ1) is 17.4. The van der Waals surface area contributed by atoms with E-state index in [1.165, 1.54) is 51.4 Å². The van der Waals surface area contributed by atoms with Gasteiger partial charge in [-0.3, -0.25) is 4.79 Å². The van der Waals surface area contributed by atoms with E-state index in [0.717, 1.165) is 52.0 Å². The van der Waals surface area contributed by atoms with E-state index in [2.05, 4.69) is 26.7 Å². The predicted octanol–water partition coefficient (Wildman–Crippen LogP) is 4.39. The Balaban J connectivity index is 1.50. The lowest BCUT2D eigenvalue weighted by Crippen LogP contribution is -2.37. The SMILES string of the molecule is Cc1c(C(=O)N2C[C@H]3CC[C@H]2C3)sc2ncnc(N3CCCCCCC3)c12. The standard InChI is InChI=1S/C21H28N4OS/c1-14-17-19(24-9-5-3-2-4-6-10-24)22-13-23-20(17)27-18(14)21(26)25-12-15-7-8-16(25)11-15/h13,15-16H,2-12H2,1H3/t15-,16-/m0/s1. The minimum atomic E-state index is 0.223. The number of hydrogen-bond acceptors (Lipinski definition) is 5. The van der Waals surface area contributed by atoms with Crippen molar-refractivity contribution in [3.8, 4) is 0 Å². The van der Waals surface area contributed by atoms with Crippen molar-refractivity contribution in [3.05, 3.63) is 16.8 Å². The molecule has 0 aromatic carbocycles. The smallest absolute Gasteiger partial charge is 0.264 e. The van der Waals surface area contributed by atoms with Crippen molar-refractivity contribution in [2.24, 2.45) is 5.92 Å². The zero-order chi connectivity index (χ0) is 18.4. The van der Waals surface area contributed by atoms with Gasteiger partial charge in [0.2, 0.25) is 0 Å². The number of fused-ring (bicyclic) bond motifs is 3. The molecule has 1 aliphatic carbocycles. The molecule has 3 aliphatic rings. The highest BCUT2D eigenvalue weighted by molar-refractivity contribution is 7.20. The third-order valence-corrected chi connectivity index (χ3v) is 7.91. The molecule has 2 atom stereocenters. The van der Waals surface area contributed by atoms with E-state index in [0.29, 0.717) is 6.04 Å². The average Bonchev–Trinajstić information content (AvgIpc) is 3.35. The lowest BCUT2D eigenvalue weighted by atomic mass is 10.1. The van der Waals surface area contributed by atoms with E-state index in [4.69, 9.17) is 0 Å². The van der Waals surface area contributed by atoms with Gasteiger partial charge in [0.15, 0.2) is 0 Å². The molecule has 1 saturated carbocycles. The molecule has 3 fully saturated rings. The van der Waals surface area contributed by atoms with Crippen LogP contribution in [-0.4, -0.2) is 46.5 Å². The van der Waals surface area contributed by atoms with Crippen LogP contribution in [0.4, 0.5) is 5.82 Å². The number of thiophene rings is 1. The summed E-state index contributed by atoms with van der Waals surface area (Å²) in [6.45, 7) is 5.15. The van der Waals surface area contributed by atoms with E-state index < -0.39 is 0 Å². The van der Waals surface area contributed by atoms with Crippen LogP contribution in [0.2, 0.25) is 0 Å². The summed E-state index contributed by atoms with van der Waals surface area (Å²) in [6, 6.07) is 0.465. The number of hydrogen-bond donors (Lipinski definition) is 0. The van der Waals surface area contributed by atoms with E-state index in [-0.39, 0.29) is 5.91 Å².